The first-order valence-corrected chi connectivity index (χ1v) is 7.15. The van der Waals surface area contributed by atoms with E-state index in [-0.39, 0.29) is 5.41 Å². The van der Waals surface area contributed by atoms with E-state index in [2.05, 4.69) is 72.1 Å². The quantitative estimate of drug-likeness (QED) is 0.823. The Bertz CT molecular complexity index is 568. The van der Waals surface area contributed by atoms with Crippen LogP contribution >= 0.6 is 15.9 Å². The van der Waals surface area contributed by atoms with Gasteiger partial charge in [0.2, 0.25) is 0 Å². The van der Waals surface area contributed by atoms with Crippen molar-refractivity contribution in [2.45, 2.75) is 33.1 Å². The fraction of sp³-hybridized carbons (Fsp3) is 0.312. The second-order valence-corrected chi connectivity index (χ2v) is 6.68. The molecular weight excluding hydrogens is 300 g/mol. The van der Waals surface area contributed by atoms with Crippen LogP contribution in [0.1, 0.15) is 31.9 Å². The summed E-state index contributed by atoms with van der Waals surface area (Å²) in [6.07, 6.45) is 1.79. The first-order valence-electron chi connectivity index (χ1n) is 6.36. The van der Waals surface area contributed by atoms with E-state index in [1.54, 1.807) is 6.20 Å². The maximum Gasteiger partial charge on any atom is 0.130 e. The van der Waals surface area contributed by atoms with E-state index >= 15 is 0 Å². The van der Waals surface area contributed by atoms with Crippen molar-refractivity contribution in [3.05, 3.63) is 52.1 Å². The molecule has 0 aliphatic carbocycles. The Morgan fingerprint density at radius 2 is 1.84 bits per heavy atom. The predicted molar refractivity (Wildman–Crippen MR) is 85.1 cm³/mol. The summed E-state index contributed by atoms with van der Waals surface area (Å²) in [5.41, 5.74) is 3.86. The van der Waals surface area contributed by atoms with E-state index < -0.39 is 0 Å². The molecule has 0 unspecified atom stereocenters. The zero-order valence-electron chi connectivity index (χ0n) is 11.8. The van der Waals surface area contributed by atoms with Crippen LogP contribution in [0.4, 0.5) is 11.5 Å². The van der Waals surface area contributed by atoms with Crippen molar-refractivity contribution in [3.63, 3.8) is 0 Å². The van der Waals surface area contributed by atoms with E-state index in [4.69, 9.17) is 0 Å². The number of nitrogens with zero attached hydrogens (tertiary/aromatic N) is 1. The van der Waals surface area contributed by atoms with Crippen molar-refractivity contribution < 1.29 is 0 Å². The van der Waals surface area contributed by atoms with Crippen LogP contribution in [0.15, 0.2) is 41.0 Å². The maximum absolute atomic E-state index is 4.33. The number of benzene rings is 1. The molecule has 0 atom stereocenters. The van der Waals surface area contributed by atoms with Gasteiger partial charge >= 0.3 is 0 Å². The third kappa shape index (κ3) is 3.57. The molecule has 0 amide bonds. The Labute approximate surface area is 123 Å². The normalized spacial score (nSPS) is 11.4. The second-order valence-electron chi connectivity index (χ2n) is 5.77. The summed E-state index contributed by atoms with van der Waals surface area (Å²) in [5, 5.41) is 3.35. The highest BCUT2D eigenvalue weighted by molar-refractivity contribution is 9.10. The third-order valence-electron chi connectivity index (χ3n) is 3.08. The van der Waals surface area contributed by atoms with Gasteiger partial charge in [0.1, 0.15) is 5.82 Å². The van der Waals surface area contributed by atoms with Crippen molar-refractivity contribution in [2.75, 3.05) is 5.32 Å². The number of hydrogen-bond acceptors (Lipinski definition) is 2. The average Bonchev–Trinajstić information content (AvgIpc) is 2.33. The van der Waals surface area contributed by atoms with Gasteiger partial charge in [-0.25, -0.2) is 4.98 Å². The van der Waals surface area contributed by atoms with E-state index in [1.807, 2.05) is 12.1 Å². The largest absolute Gasteiger partial charge is 0.340 e. The molecule has 0 spiro atoms. The molecule has 1 aromatic carbocycles. The van der Waals surface area contributed by atoms with Crippen LogP contribution in [0.25, 0.3) is 0 Å². The molecule has 19 heavy (non-hydrogen) atoms. The van der Waals surface area contributed by atoms with Crippen LogP contribution in [0, 0.1) is 6.92 Å². The molecule has 0 aliphatic heterocycles. The zero-order chi connectivity index (χ0) is 14.0. The molecule has 0 bridgehead atoms. The molecular formula is C16H19BrN2. The van der Waals surface area contributed by atoms with Crippen LogP contribution in [0.5, 0.6) is 0 Å². The average molecular weight is 319 g/mol. The molecule has 0 aliphatic rings. The lowest BCUT2D eigenvalue weighted by Crippen LogP contribution is -2.11. The molecule has 1 N–H and O–H groups in total. The topological polar surface area (TPSA) is 24.9 Å². The highest BCUT2D eigenvalue weighted by atomic mass is 79.9. The van der Waals surface area contributed by atoms with Crippen LogP contribution in [0.3, 0.4) is 0 Å². The first-order chi connectivity index (χ1) is 8.86. The number of anilines is 2. The Balaban J connectivity index is 2.24. The molecule has 0 saturated heterocycles. The van der Waals surface area contributed by atoms with Gasteiger partial charge in [-0.2, -0.15) is 0 Å². The van der Waals surface area contributed by atoms with Crippen LogP contribution < -0.4 is 5.32 Å². The summed E-state index contributed by atoms with van der Waals surface area (Å²) >= 11 is 3.39. The summed E-state index contributed by atoms with van der Waals surface area (Å²) in [7, 11) is 0. The predicted octanol–water partition coefficient (Wildman–Crippen LogP) is 5.19. The number of aryl methyl sites for hydroxylation is 1. The van der Waals surface area contributed by atoms with Crippen molar-refractivity contribution in [1.82, 2.24) is 4.98 Å². The summed E-state index contributed by atoms with van der Waals surface area (Å²) in [5.74, 6) is 0.856. The van der Waals surface area contributed by atoms with Gasteiger partial charge in [-0.15, -0.1) is 0 Å². The summed E-state index contributed by atoms with van der Waals surface area (Å²) in [6, 6.07) is 10.5. The van der Waals surface area contributed by atoms with Crippen LogP contribution in [-0.4, -0.2) is 4.98 Å². The highest BCUT2D eigenvalue weighted by Crippen LogP contribution is 2.27. The van der Waals surface area contributed by atoms with Crippen molar-refractivity contribution >= 4 is 27.4 Å². The van der Waals surface area contributed by atoms with E-state index in [9.17, 15) is 0 Å². The van der Waals surface area contributed by atoms with Gasteiger partial charge in [0, 0.05) is 16.4 Å². The SMILES string of the molecule is Cc1cc(C(C)(C)C)ccc1Nc1ccc(Br)cn1. The second kappa shape index (κ2) is 5.33. The minimum Gasteiger partial charge on any atom is -0.340 e. The van der Waals surface area contributed by atoms with Crippen LogP contribution in [0.2, 0.25) is 0 Å². The molecule has 2 nitrogen and oxygen atoms in total. The van der Waals surface area contributed by atoms with Gasteiger partial charge in [0.05, 0.1) is 0 Å². The number of hydrogen-bond donors (Lipinski definition) is 1. The molecule has 0 fully saturated rings. The minimum atomic E-state index is 0.180. The van der Waals surface area contributed by atoms with Gasteiger partial charge in [-0.05, 0) is 57.6 Å². The Kier molecular flexibility index (Phi) is 3.95. The van der Waals surface area contributed by atoms with Gasteiger partial charge in [0.25, 0.3) is 0 Å². The Morgan fingerprint density at radius 1 is 1.11 bits per heavy atom. The number of aromatic nitrogens is 1. The molecule has 0 saturated carbocycles. The van der Waals surface area contributed by atoms with Crippen molar-refractivity contribution in [3.8, 4) is 0 Å². The lowest BCUT2D eigenvalue weighted by atomic mass is 9.86. The lowest BCUT2D eigenvalue weighted by molar-refractivity contribution is 0.590. The van der Waals surface area contributed by atoms with Crippen molar-refractivity contribution in [2.24, 2.45) is 0 Å². The third-order valence-corrected chi connectivity index (χ3v) is 3.55. The van der Waals surface area contributed by atoms with Gasteiger partial charge in [-0.1, -0.05) is 32.9 Å². The standard InChI is InChI=1S/C16H19BrN2/c1-11-9-12(16(2,3)4)5-7-14(11)19-15-8-6-13(17)10-18-15/h5-10H,1-4H3,(H,18,19). The summed E-state index contributed by atoms with van der Waals surface area (Å²) < 4.78 is 0.984. The van der Waals surface area contributed by atoms with E-state index in [0.717, 1.165) is 16.0 Å². The minimum absolute atomic E-state index is 0.180. The fourth-order valence-corrected chi connectivity index (χ4v) is 2.09. The lowest BCUT2D eigenvalue weighted by Gasteiger charge is -2.20. The molecule has 1 aromatic heterocycles. The zero-order valence-corrected chi connectivity index (χ0v) is 13.4. The smallest absolute Gasteiger partial charge is 0.130 e. The molecule has 2 aromatic rings. The summed E-state index contributed by atoms with van der Waals surface area (Å²) in [4.78, 5) is 4.33. The molecule has 1 heterocycles. The fourth-order valence-electron chi connectivity index (χ4n) is 1.86. The molecule has 0 radical (unpaired) electrons. The van der Waals surface area contributed by atoms with E-state index in [0.29, 0.717) is 0 Å². The Morgan fingerprint density at radius 3 is 2.37 bits per heavy atom. The number of halogens is 1. The maximum atomic E-state index is 4.33. The molecule has 100 valence electrons. The highest BCUT2D eigenvalue weighted by Gasteiger charge is 2.14. The Hall–Kier alpha value is -1.35. The van der Waals surface area contributed by atoms with Crippen molar-refractivity contribution in [1.29, 1.82) is 0 Å². The van der Waals surface area contributed by atoms with E-state index in [1.165, 1.54) is 11.1 Å². The number of rotatable bonds is 2. The summed E-state index contributed by atoms with van der Waals surface area (Å²) in [6.45, 7) is 8.80. The number of pyridine rings is 1. The number of nitrogens with one attached hydrogen (secondary N) is 1. The monoisotopic (exact) mass is 318 g/mol. The van der Waals surface area contributed by atoms with Crippen LogP contribution in [-0.2, 0) is 5.41 Å². The first kappa shape index (κ1) is 14.1. The molecule has 3 heteroatoms. The van der Waals surface area contributed by atoms with Gasteiger partial charge in [0.15, 0.2) is 0 Å². The molecule has 2 rings (SSSR count). The van der Waals surface area contributed by atoms with Gasteiger partial charge in [-0.3, -0.25) is 0 Å². The van der Waals surface area contributed by atoms with Gasteiger partial charge < -0.3 is 5.32 Å².